The summed E-state index contributed by atoms with van der Waals surface area (Å²) in [7, 11) is 0. The first-order valence-electron chi connectivity index (χ1n) is 5.78. The van der Waals surface area contributed by atoms with Crippen molar-refractivity contribution in [3.05, 3.63) is 47.5 Å². The normalized spacial score (nSPS) is 11.4. The molecule has 2 aromatic carbocycles. The van der Waals surface area contributed by atoms with E-state index in [9.17, 15) is 8.78 Å². The van der Waals surface area contributed by atoms with Crippen LogP contribution in [0.2, 0.25) is 0 Å². The molecule has 0 saturated carbocycles. The van der Waals surface area contributed by atoms with Gasteiger partial charge in [0.1, 0.15) is 0 Å². The molecule has 0 radical (unpaired) electrons. The van der Waals surface area contributed by atoms with Crippen molar-refractivity contribution >= 4 is 10.8 Å². The van der Waals surface area contributed by atoms with Crippen molar-refractivity contribution in [2.75, 3.05) is 0 Å². The summed E-state index contributed by atoms with van der Waals surface area (Å²) in [6.07, 6.45) is -0.570. The Morgan fingerprint density at radius 2 is 1.78 bits per heavy atom. The van der Waals surface area contributed by atoms with Crippen LogP contribution >= 0.6 is 0 Å². The highest BCUT2D eigenvalue weighted by molar-refractivity contribution is 5.83. The average molecular weight is 245 g/mol. The van der Waals surface area contributed by atoms with Crippen molar-refractivity contribution in [1.29, 1.82) is 5.26 Å². The lowest BCUT2D eigenvalue weighted by Crippen LogP contribution is -2.12. The van der Waals surface area contributed by atoms with Gasteiger partial charge in [0.2, 0.25) is 0 Å². The van der Waals surface area contributed by atoms with Gasteiger partial charge in [-0.3, -0.25) is 0 Å². The minimum Gasteiger partial charge on any atom is -0.201 e. The lowest BCUT2D eigenvalue weighted by Gasteiger charge is -2.15. The van der Waals surface area contributed by atoms with E-state index < -0.39 is 12.3 Å². The van der Waals surface area contributed by atoms with Gasteiger partial charge in [-0.2, -0.15) is 5.26 Å². The Labute approximate surface area is 105 Å². The summed E-state index contributed by atoms with van der Waals surface area (Å²) in [5, 5.41) is 10.1. The molecule has 2 rings (SSSR count). The van der Waals surface area contributed by atoms with E-state index in [0.717, 1.165) is 16.3 Å². The van der Waals surface area contributed by atoms with E-state index in [1.165, 1.54) is 12.1 Å². The van der Waals surface area contributed by atoms with Crippen LogP contribution in [0.15, 0.2) is 36.4 Å². The molecule has 0 N–H and O–H groups in total. The van der Waals surface area contributed by atoms with Gasteiger partial charge in [-0.15, -0.1) is 0 Å². The Morgan fingerprint density at radius 1 is 1.11 bits per heavy atom. The van der Waals surface area contributed by atoms with E-state index in [4.69, 9.17) is 5.26 Å². The van der Waals surface area contributed by atoms with E-state index in [0.29, 0.717) is 0 Å². The maximum Gasteiger partial charge on any atom is 0.274 e. The summed E-state index contributed by atoms with van der Waals surface area (Å²) >= 11 is 0. The fourth-order valence-corrected chi connectivity index (χ4v) is 1.95. The van der Waals surface area contributed by atoms with Crippen LogP contribution in [0.25, 0.3) is 10.8 Å². The van der Waals surface area contributed by atoms with Crippen molar-refractivity contribution in [3.8, 4) is 6.07 Å². The molecule has 0 atom stereocenters. The standard InChI is InChI=1S/C15H13F2N/c1-11-3-4-13-10-14(6-5-12(13)9-11)15(16,17)7-2-8-18/h3-6,9-10H,2,7H2,1H3. The lowest BCUT2D eigenvalue weighted by molar-refractivity contribution is -0.0118. The summed E-state index contributed by atoms with van der Waals surface area (Å²) in [5.74, 6) is -2.94. The first kappa shape index (κ1) is 12.5. The van der Waals surface area contributed by atoms with Gasteiger partial charge in [0.05, 0.1) is 6.07 Å². The van der Waals surface area contributed by atoms with E-state index >= 15 is 0 Å². The summed E-state index contributed by atoms with van der Waals surface area (Å²) in [6.45, 7) is 1.97. The molecule has 0 aliphatic rings. The molecule has 0 amide bonds. The van der Waals surface area contributed by atoms with Gasteiger partial charge in [0.15, 0.2) is 0 Å². The first-order chi connectivity index (χ1) is 8.53. The van der Waals surface area contributed by atoms with Crippen LogP contribution in [-0.4, -0.2) is 0 Å². The number of nitrogens with zero attached hydrogens (tertiary/aromatic N) is 1. The number of halogens is 2. The third-order valence-corrected chi connectivity index (χ3v) is 2.97. The maximum atomic E-state index is 13.8. The van der Waals surface area contributed by atoms with Gasteiger partial charge in [-0.05, 0) is 23.8 Å². The van der Waals surface area contributed by atoms with Crippen molar-refractivity contribution in [1.82, 2.24) is 0 Å². The summed E-state index contributed by atoms with van der Waals surface area (Å²) in [4.78, 5) is 0. The second-order valence-corrected chi connectivity index (χ2v) is 4.43. The third-order valence-electron chi connectivity index (χ3n) is 2.97. The van der Waals surface area contributed by atoms with Gasteiger partial charge in [-0.25, -0.2) is 8.78 Å². The molecular weight excluding hydrogens is 232 g/mol. The Hall–Kier alpha value is -1.95. The molecule has 0 spiro atoms. The minimum atomic E-state index is -2.94. The minimum absolute atomic E-state index is 0.0193. The van der Waals surface area contributed by atoms with Gasteiger partial charge in [0.25, 0.3) is 5.92 Å². The van der Waals surface area contributed by atoms with Crippen LogP contribution in [0, 0.1) is 18.3 Å². The largest absolute Gasteiger partial charge is 0.274 e. The van der Waals surface area contributed by atoms with Crippen LogP contribution in [0.5, 0.6) is 0 Å². The molecule has 1 nitrogen and oxygen atoms in total. The third kappa shape index (κ3) is 2.48. The topological polar surface area (TPSA) is 23.8 Å². The van der Waals surface area contributed by atoms with Crippen molar-refractivity contribution in [2.24, 2.45) is 0 Å². The van der Waals surface area contributed by atoms with E-state index in [2.05, 4.69) is 0 Å². The lowest BCUT2D eigenvalue weighted by atomic mass is 9.99. The summed E-state index contributed by atoms with van der Waals surface area (Å²) < 4.78 is 27.6. The van der Waals surface area contributed by atoms with Crippen LogP contribution in [0.1, 0.15) is 24.0 Å². The molecule has 0 bridgehead atoms. The molecule has 0 saturated heterocycles. The molecule has 0 aromatic heterocycles. The van der Waals surface area contributed by atoms with E-state index in [1.54, 1.807) is 12.1 Å². The van der Waals surface area contributed by atoms with Crippen molar-refractivity contribution in [3.63, 3.8) is 0 Å². The number of hydrogen-bond acceptors (Lipinski definition) is 1. The van der Waals surface area contributed by atoms with E-state index in [1.807, 2.05) is 25.1 Å². The molecule has 0 aliphatic heterocycles. The number of rotatable bonds is 3. The van der Waals surface area contributed by atoms with Gasteiger partial charge in [0, 0.05) is 18.4 Å². The van der Waals surface area contributed by atoms with E-state index in [-0.39, 0.29) is 12.0 Å². The maximum absolute atomic E-state index is 13.8. The molecule has 3 heteroatoms. The summed E-state index contributed by atoms with van der Waals surface area (Å²) in [5.41, 5.74) is 1.08. The SMILES string of the molecule is Cc1ccc2cc(C(F)(F)CCC#N)ccc2c1. The highest BCUT2D eigenvalue weighted by Gasteiger charge is 2.30. The van der Waals surface area contributed by atoms with Gasteiger partial charge in [-0.1, -0.05) is 35.9 Å². The Balaban J connectivity index is 2.41. The molecule has 0 aliphatic carbocycles. The zero-order valence-electron chi connectivity index (χ0n) is 10.1. The Kier molecular flexibility index (Phi) is 3.29. The molecule has 92 valence electrons. The zero-order valence-corrected chi connectivity index (χ0v) is 10.1. The second kappa shape index (κ2) is 4.73. The Morgan fingerprint density at radius 3 is 2.50 bits per heavy atom. The number of aryl methyl sites for hydroxylation is 1. The fraction of sp³-hybridized carbons (Fsp3) is 0.267. The molecule has 0 unspecified atom stereocenters. The number of benzene rings is 2. The highest BCUT2D eigenvalue weighted by atomic mass is 19.3. The molecule has 2 aromatic rings. The average Bonchev–Trinajstić information content (AvgIpc) is 2.35. The second-order valence-electron chi connectivity index (χ2n) is 4.43. The van der Waals surface area contributed by atoms with Crippen molar-refractivity contribution in [2.45, 2.75) is 25.7 Å². The molecule has 0 heterocycles. The first-order valence-corrected chi connectivity index (χ1v) is 5.78. The quantitative estimate of drug-likeness (QED) is 0.778. The van der Waals surface area contributed by atoms with Gasteiger partial charge >= 0.3 is 0 Å². The Bertz CT molecular complexity index is 611. The molecule has 18 heavy (non-hydrogen) atoms. The van der Waals surface area contributed by atoms with Gasteiger partial charge < -0.3 is 0 Å². The molecule has 0 fully saturated rings. The number of fused-ring (bicyclic) bond motifs is 1. The fourth-order valence-electron chi connectivity index (χ4n) is 1.95. The summed E-state index contributed by atoms with van der Waals surface area (Å²) in [6, 6.07) is 12.1. The molecular formula is C15H13F2N. The van der Waals surface area contributed by atoms with Crippen LogP contribution in [-0.2, 0) is 5.92 Å². The van der Waals surface area contributed by atoms with Crippen LogP contribution < -0.4 is 0 Å². The number of hydrogen-bond donors (Lipinski definition) is 0. The smallest absolute Gasteiger partial charge is 0.201 e. The number of alkyl halides is 2. The zero-order chi connectivity index (χ0) is 13.2. The predicted octanol–water partition coefficient (Wildman–Crippen LogP) is 4.54. The van der Waals surface area contributed by atoms with Crippen LogP contribution in [0.3, 0.4) is 0 Å². The van der Waals surface area contributed by atoms with Crippen molar-refractivity contribution < 1.29 is 8.78 Å². The monoisotopic (exact) mass is 245 g/mol. The van der Waals surface area contributed by atoms with Crippen LogP contribution in [0.4, 0.5) is 8.78 Å². The highest BCUT2D eigenvalue weighted by Crippen LogP contribution is 2.34. The number of nitriles is 1. The predicted molar refractivity (Wildman–Crippen MR) is 67.4 cm³/mol.